The van der Waals surface area contributed by atoms with Gasteiger partial charge in [0.25, 0.3) is 0 Å². The number of amides is 2. The van der Waals surface area contributed by atoms with Crippen LogP contribution >= 0.6 is 0 Å². The lowest BCUT2D eigenvalue weighted by molar-refractivity contribution is -0.139. The molecule has 21 heavy (non-hydrogen) atoms. The van der Waals surface area contributed by atoms with Crippen LogP contribution in [0.25, 0.3) is 0 Å². The third kappa shape index (κ3) is 3.97. The summed E-state index contributed by atoms with van der Waals surface area (Å²) in [6.07, 6.45) is 3.03. The second kappa shape index (κ2) is 7.11. The number of hydrogen-bond donors (Lipinski definition) is 2. The van der Waals surface area contributed by atoms with Crippen molar-refractivity contribution in [2.75, 3.05) is 6.54 Å². The first-order chi connectivity index (χ1) is 10.1. The maximum atomic E-state index is 12.3. The maximum Gasteiger partial charge on any atom is 0.326 e. The molecule has 1 aliphatic heterocycles. The number of carbonyl (C=O) groups is 2. The Morgan fingerprint density at radius 3 is 2.71 bits per heavy atom. The Morgan fingerprint density at radius 2 is 2.05 bits per heavy atom. The van der Waals surface area contributed by atoms with Gasteiger partial charge in [-0.1, -0.05) is 37.6 Å². The molecule has 1 heterocycles. The van der Waals surface area contributed by atoms with Gasteiger partial charge in [-0.05, 0) is 30.4 Å². The van der Waals surface area contributed by atoms with E-state index in [0.29, 0.717) is 19.5 Å². The van der Waals surface area contributed by atoms with Crippen LogP contribution in [0.2, 0.25) is 0 Å². The van der Waals surface area contributed by atoms with Crippen LogP contribution in [0.1, 0.15) is 37.3 Å². The van der Waals surface area contributed by atoms with Crippen molar-refractivity contribution in [3.63, 3.8) is 0 Å². The van der Waals surface area contributed by atoms with Crippen molar-refractivity contribution in [1.29, 1.82) is 0 Å². The van der Waals surface area contributed by atoms with Gasteiger partial charge in [-0.2, -0.15) is 0 Å². The number of aliphatic carboxylic acids is 1. The minimum atomic E-state index is -0.972. The number of urea groups is 1. The van der Waals surface area contributed by atoms with E-state index in [4.69, 9.17) is 5.11 Å². The van der Waals surface area contributed by atoms with Crippen LogP contribution in [0.4, 0.5) is 4.79 Å². The summed E-state index contributed by atoms with van der Waals surface area (Å²) in [5.41, 5.74) is 2.42. The highest BCUT2D eigenvalue weighted by Crippen LogP contribution is 2.18. The predicted molar refractivity (Wildman–Crippen MR) is 80.0 cm³/mol. The van der Waals surface area contributed by atoms with Gasteiger partial charge in [0.05, 0.1) is 0 Å². The number of hydrogen-bond acceptors (Lipinski definition) is 2. The molecule has 0 aliphatic carbocycles. The average Bonchev–Trinajstić information content (AvgIpc) is 2.68. The Bertz CT molecular complexity index is 516. The molecule has 0 bridgehead atoms. The summed E-state index contributed by atoms with van der Waals surface area (Å²) in [4.78, 5) is 25.1. The lowest BCUT2D eigenvalue weighted by atomic mass is 10.0. The molecule has 2 rings (SSSR count). The first-order valence-corrected chi connectivity index (χ1v) is 7.47. The maximum absolute atomic E-state index is 12.3. The van der Waals surface area contributed by atoms with Crippen LogP contribution in [0, 0.1) is 0 Å². The van der Waals surface area contributed by atoms with Crippen molar-refractivity contribution < 1.29 is 14.7 Å². The van der Waals surface area contributed by atoms with E-state index in [1.54, 1.807) is 4.90 Å². The molecule has 0 fully saturated rings. The third-order valence-corrected chi connectivity index (χ3v) is 3.81. The number of rotatable bonds is 4. The Kier molecular flexibility index (Phi) is 5.20. The highest BCUT2D eigenvalue weighted by atomic mass is 16.4. The fraction of sp³-hybridized carbons (Fsp3) is 0.500. The van der Waals surface area contributed by atoms with Crippen molar-refractivity contribution in [2.45, 2.75) is 45.2 Å². The normalized spacial score (nSPS) is 15.8. The van der Waals surface area contributed by atoms with E-state index in [2.05, 4.69) is 11.4 Å². The summed E-state index contributed by atoms with van der Waals surface area (Å²) in [5, 5.41) is 11.8. The molecule has 1 aromatic rings. The van der Waals surface area contributed by atoms with Crippen LogP contribution in [0.3, 0.4) is 0 Å². The molecule has 0 aromatic heterocycles. The highest BCUT2D eigenvalue weighted by molar-refractivity contribution is 5.82. The standard InChI is InChI=1S/C16H22N2O3/c1-2-6-14(15(19)20)17-16(21)18-10-5-9-12-7-3-4-8-13(12)11-18/h3-4,7-8,14H,2,5-6,9-11H2,1H3,(H,17,21)(H,19,20)/t14-/m0/s1. The first-order valence-electron chi connectivity index (χ1n) is 7.47. The number of carboxylic acid groups (broad SMARTS) is 1. The molecule has 2 N–H and O–H groups in total. The Labute approximate surface area is 125 Å². The van der Waals surface area contributed by atoms with Crippen molar-refractivity contribution >= 4 is 12.0 Å². The number of carbonyl (C=O) groups excluding carboxylic acids is 1. The van der Waals surface area contributed by atoms with E-state index in [1.165, 1.54) is 5.56 Å². The van der Waals surface area contributed by atoms with E-state index < -0.39 is 12.0 Å². The fourth-order valence-corrected chi connectivity index (χ4v) is 2.66. The quantitative estimate of drug-likeness (QED) is 0.894. The summed E-state index contributed by atoms with van der Waals surface area (Å²) in [7, 11) is 0. The smallest absolute Gasteiger partial charge is 0.326 e. The molecule has 1 aromatic carbocycles. The van der Waals surface area contributed by atoms with Crippen LogP contribution < -0.4 is 5.32 Å². The summed E-state index contributed by atoms with van der Waals surface area (Å²) >= 11 is 0. The second-order valence-corrected chi connectivity index (χ2v) is 5.42. The molecule has 0 saturated heterocycles. The summed E-state index contributed by atoms with van der Waals surface area (Å²) in [5.74, 6) is -0.972. The van der Waals surface area contributed by atoms with Crippen molar-refractivity contribution in [2.24, 2.45) is 0 Å². The fourth-order valence-electron chi connectivity index (χ4n) is 2.66. The Hall–Kier alpha value is -2.04. The van der Waals surface area contributed by atoms with Gasteiger partial charge in [-0.15, -0.1) is 0 Å². The van der Waals surface area contributed by atoms with Crippen LogP contribution in [0.15, 0.2) is 24.3 Å². The second-order valence-electron chi connectivity index (χ2n) is 5.42. The van der Waals surface area contributed by atoms with Crippen molar-refractivity contribution in [3.05, 3.63) is 35.4 Å². The molecule has 0 unspecified atom stereocenters. The summed E-state index contributed by atoms with van der Waals surface area (Å²) < 4.78 is 0. The summed E-state index contributed by atoms with van der Waals surface area (Å²) in [6, 6.07) is 7.01. The minimum Gasteiger partial charge on any atom is -0.480 e. The van der Waals surface area contributed by atoms with E-state index in [-0.39, 0.29) is 6.03 Å². The number of fused-ring (bicyclic) bond motifs is 1. The first kappa shape index (κ1) is 15.4. The van der Waals surface area contributed by atoms with E-state index in [1.807, 2.05) is 25.1 Å². The molecule has 2 amide bonds. The number of nitrogens with one attached hydrogen (secondary N) is 1. The molecule has 0 radical (unpaired) electrons. The zero-order valence-corrected chi connectivity index (χ0v) is 12.3. The van der Waals surface area contributed by atoms with Gasteiger partial charge in [-0.25, -0.2) is 9.59 Å². The lowest BCUT2D eigenvalue weighted by Gasteiger charge is -2.24. The topological polar surface area (TPSA) is 69.6 Å². The third-order valence-electron chi connectivity index (χ3n) is 3.81. The van der Waals surface area contributed by atoms with Gasteiger partial charge in [0.1, 0.15) is 6.04 Å². The lowest BCUT2D eigenvalue weighted by Crippen LogP contribution is -2.47. The Balaban J connectivity index is 2.04. The number of carboxylic acids is 1. The monoisotopic (exact) mass is 290 g/mol. The number of aryl methyl sites for hydroxylation is 1. The molecule has 5 heteroatoms. The van der Waals surface area contributed by atoms with Gasteiger partial charge in [-0.3, -0.25) is 0 Å². The molecule has 0 spiro atoms. The predicted octanol–water partition coefficient (Wildman–Crippen LogP) is 2.40. The Morgan fingerprint density at radius 1 is 1.33 bits per heavy atom. The largest absolute Gasteiger partial charge is 0.480 e. The van der Waals surface area contributed by atoms with Gasteiger partial charge in [0.15, 0.2) is 0 Å². The summed E-state index contributed by atoms with van der Waals surface area (Å²) in [6.45, 7) is 3.10. The van der Waals surface area contributed by atoms with E-state index in [9.17, 15) is 9.59 Å². The number of nitrogens with zero attached hydrogens (tertiary/aromatic N) is 1. The van der Waals surface area contributed by atoms with Crippen LogP contribution in [0.5, 0.6) is 0 Å². The van der Waals surface area contributed by atoms with Gasteiger partial charge in [0.2, 0.25) is 0 Å². The molecule has 114 valence electrons. The minimum absolute atomic E-state index is 0.285. The van der Waals surface area contributed by atoms with Gasteiger partial charge in [0, 0.05) is 13.1 Å². The van der Waals surface area contributed by atoms with Crippen LogP contribution in [-0.4, -0.2) is 34.6 Å². The molecule has 5 nitrogen and oxygen atoms in total. The molecular weight excluding hydrogens is 268 g/mol. The zero-order valence-electron chi connectivity index (χ0n) is 12.3. The zero-order chi connectivity index (χ0) is 15.2. The highest BCUT2D eigenvalue weighted by Gasteiger charge is 2.24. The molecule has 1 atom stereocenters. The number of benzene rings is 1. The van der Waals surface area contributed by atoms with E-state index in [0.717, 1.165) is 24.8 Å². The molecule has 0 saturated carbocycles. The van der Waals surface area contributed by atoms with Crippen molar-refractivity contribution in [3.8, 4) is 0 Å². The SMILES string of the molecule is CCC[C@H](NC(=O)N1CCCc2ccccc2C1)C(=O)O. The molecular formula is C16H22N2O3. The average molecular weight is 290 g/mol. The van der Waals surface area contributed by atoms with Crippen molar-refractivity contribution in [1.82, 2.24) is 10.2 Å². The van der Waals surface area contributed by atoms with Gasteiger partial charge >= 0.3 is 12.0 Å². The molecule has 1 aliphatic rings. The van der Waals surface area contributed by atoms with Gasteiger partial charge < -0.3 is 15.3 Å². The van der Waals surface area contributed by atoms with Crippen LogP contribution in [-0.2, 0) is 17.8 Å². The van der Waals surface area contributed by atoms with E-state index >= 15 is 0 Å².